The topological polar surface area (TPSA) is 23.5 Å². The summed E-state index contributed by atoms with van der Waals surface area (Å²) < 4.78 is 0. The number of hydrogen-bond donors (Lipinski definition) is 1. The van der Waals surface area contributed by atoms with Gasteiger partial charge in [-0.05, 0) is 46.6 Å². The zero-order valence-electron chi connectivity index (χ0n) is 10.6. The van der Waals surface area contributed by atoms with Gasteiger partial charge in [-0.2, -0.15) is 0 Å². The van der Waals surface area contributed by atoms with Gasteiger partial charge in [0.2, 0.25) is 0 Å². The van der Waals surface area contributed by atoms with E-state index in [2.05, 4.69) is 39.6 Å². The lowest BCUT2D eigenvalue weighted by molar-refractivity contribution is 0.108. The molecule has 0 spiro atoms. The van der Waals surface area contributed by atoms with Crippen LogP contribution in [0.15, 0.2) is 0 Å². The summed E-state index contributed by atoms with van der Waals surface area (Å²) >= 11 is 0. The van der Waals surface area contributed by atoms with Crippen molar-refractivity contribution in [1.82, 2.24) is 4.90 Å². The minimum absolute atomic E-state index is 0.196. The molecule has 0 aliphatic heterocycles. The average molecular weight is 201 g/mol. The Hall–Kier alpha value is -0.0800. The van der Waals surface area contributed by atoms with Crippen molar-refractivity contribution in [3.05, 3.63) is 0 Å². The predicted octanol–water partition coefficient (Wildman–Crippen LogP) is 2.51. The highest BCUT2D eigenvalue weighted by Crippen LogP contribution is 2.14. The maximum Gasteiger partial charge on any atom is 0.0526 e. The van der Waals surface area contributed by atoms with Crippen LogP contribution in [-0.2, 0) is 0 Å². The summed E-state index contributed by atoms with van der Waals surface area (Å²) in [6.45, 7) is 10.8. The molecule has 0 bridgehead atoms. The molecule has 0 aliphatic rings. The normalized spacial score (nSPS) is 18.6. The molecule has 0 fully saturated rings. The second-order valence-electron chi connectivity index (χ2n) is 5.08. The van der Waals surface area contributed by atoms with Gasteiger partial charge in [0.15, 0.2) is 0 Å². The monoisotopic (exact) mass is 201 g/mol. The average Bonchev–Trinajstić information content (AvgIpc) is 2.00. The number of aliphatic hydroxyl groups is 1. The van der Waals surface area contributed by atoms with E-state index in [-0.39, 0.29) is 6.10 Å². The zero-order chi connectivity index (χ0) is 11.3. The minimum Gasteiger partial charge on any atom is -0.393 e. The molecule has 0 aliphatic carbocycles. The van der Waals surface area contributed by atoms with Crippen LogP contribution < -0.4 is 0 Å². The first-order valence-corrected chi connectivity index (χ1v) is 5.74. The summed E-state index contributed by atoms with van der Waals surface area (Å²) in [6, 6.07) is 1.06. The Labute approximate surface area is 89.3 Å². The molecule has 0 aromatic heterocycles. The number of aliphatic hydroxyl groups excluding tert-OH is 1. The van der Waals surface area contributed by atoms with Crippen LogP contribution in [-0.4, -0.2) is 35.2 Å². The summed E-state index contributed by atoms with van der Waals surface area (Å²) in [6.07, 6.45) is 1.89. The molecule has 2 heteroatoms. The van der Waals surface area contributed by atoms with Crippen molar-refractivity contribution in [1.29, 1.82) is 0 Å². The van der Waals surface area contributed by atoms with Crippen molar-refractivity contribution in [3.8, 4) is 0 Å². The third-order valence-corrected chi connectivity index (χ3v) is 2.89. The van der Waals surface area contributed by atoms with Gasteiger partial charge in [0.1, 0.15) is 0 Å². The lowest BCUT2D eigenvalue weighted by Gasteiger charge is -2.32. The first-order chi connectivity index (χ1) is 6.34. The van der Waals surface area contributed by atoms with Crippen LogP contribution in [0.3, 0.4) is 0 Å². The zero-order valence-corrected chi connectivity index (χ0v) is 10.6. The van der Waals surface area contributed by atoms with Crippen LogP contribution in [0.5, 0.6) is 0 Å². The predicted molar refractivity (Wildman–Crippen MR) is 62.4 cm³/mol. The summed E-state index contributed by atoms with van der Waals surface area (Å²) in [5.41, 5.74) is 0. The second kappa shape index (κ2) is 6.41. The van der Waals surface area contributed by atoms with E-state index in [1.54, 1.807) is 0 Å². The number of hydrogen-bond acceptors (Lipinski definition) is 2. The van der Waals surface area contributed by atoms with Crippen molar-refractivity contribution >= 4 is 0 Å². The minimum atomic E-state index is -0.196. The van der Waals surface area contributed by atoms with Crippen LogP contribution in [0.4, 0.5) is 0 Å². The highest BCUT2D eigenvalue weighted by molar-refractivity contribution is 4.72. The third kappa shape index (κ3) is 5.61. The molecule has 3 unspecified atom stereocenters. The molecule has 0 radical (unpaired) electrons. The van der Waals surface area contributed by atoms with Gasteiger partial charge < -0.3 is 10.0 Å². The van der Waals surface area contributed by atoms with E-state index in [9.17, 15) is 5.11 Å². The molecular formula is C12H27NO. The molecular weight excluding hydrogens is 174 g/mol. The van der Waals surface area contributed by atoms with E-state index in [0.717, 1.165) is 12.3 Å². The number of rotatable bonds is 6. The fourth-order valence-electron chi connectivity index (χ4n) is 1.94. The quantitative estimate of drug-likeness (QED) is 0.714. The van der Waals surface area contributed by atoms with Crippen molar-refractivity contribution in [2.75, 3.05) is 7.05 Å². The summed E-state index contributed by atoms with van der Waals surface area (Å²) in [5, 5.41) is 9.31. The van der Waals surface area contributed by atoms with Crippen molar-refractivity contribution in [3.63, 3.8) is 0 Å². The molecule has 3 atom stereocenters. The van der Waals surface area contributed by atoms with Crippen LogP contribution in [0.2, 0.25) is 0 Å². The van der Waals surface area contributed by atoms with E-state index in [0.29, 0.717) is 12.1 Å². The van der Waals surface area contributed by atoms with Gasteiger partial charge in [0.05, 0.1) is 6.10 Å². The maximum absolute atomic E-state index is 9.31. The highest BCUT2D eigenvalue weighted by atomic mass is 16.3. The molecule has 2 nitrogen and oxygen atoms in total. The van der Waals surface area contributed by atoms with Crippen molar-refractivity contribution in [2.24, 2.45) is 5.92 Å². The SMILES string of the molecule is CC(C)CC(C)N(C)C(C)CC(C)O. The Morgan fingerprint density at radius 2 is 1.36 bits per heavy atom. The standard InChI is InChI=1S/C12H27NO/c1-9(2)7-10(3)13(6)11(4)8-12(5)14/h9-12,14H,7-8H2,1-6H3. The molecule has 0 aromatic carbocycles. The van der Waals surface area contributed by atoms with Gasteiger partial charge in [-0.3, -0.25) is 0 Å². The Bertz CT molecular complexity index is 129. The van der Waals surface area contributed by atoms with E-state index in [4.69, 9.17) is 0 Å². The fourth-order valence-corrected chi connectivity index (χ4v) is 1.94. The Balaban J connectivity index is 3.96. The lowest BCUT2D eigenvalue weighted by atomic mass is 10.0. The molecule has 0 saturated carbocycles. The molecule has 14 heavy (non-hydrogen) atoms. The molecule has 0 amide bonds. The second-order valence-corrected chi connectivity index (χ2v) is 5.08. The van der Waals surface area contributed by atoms with Gasteiger partial charge in [0.25, 0.3) is 0 Å². The third-order valence-electron chi connectivity index (χ3n) is 2.89. The largest absolute Gasteiger partial charge is 0.393 e. The molecule has 0 saturated heterocycles. The smallest absolute Gasteiger partial charge is 0.0526 e. The van der Waals surface area contributed by atoms with Crippen LogP contribution in [0.1, 0.15) is 47.5 Å². The molecule has 0 rings (SSSR count). The molecule has 86 valence electrons. The summed E-state index contributed by atoms with van der Waals surface area (Å²) in [4.78, 5) is 2.37. The van der Waals surface area contributed by atoms with E-state index in [1.165, 1.54) is 6.42 Å². The van der Waals surface area contributed by atoms with E-state index >= 15 is 0 Å². The van der Waals surface area contributed by atoms with Gasteiger partial charge in [-0.15, -0.1) is 0 Å². The molecule has 0 heterocycles. The fraction of sp³-hybridized carbons (Fsp3) is 1.00. The van der Waals surface area contributed by atoms with Crippen molar-refractivity contribution < 1.29 is 5.11 Å². The lowest BCUT2D eigenvalue weighted by Crippen LogP contribution is -2.39. The van der Waals surface area contributed by atoms with Crippen molar-refractivity contribution in [2.45, 2.75) is 65.6 Å². The Kier molecular flexibility index (Phi) is 6.38. The molecule has 0 aromatic rings. The van der Waals surface area contributed by atoms with Crippen LogP contribution in [0.25, 0.3) is 0 Å². The van der Waals surface area contributed by atoms with Gasteiger partial charge in [-0.25, -0.2) is 0 Å². The van der Waals surface area contributed by atoms with Gasteiger partial charge in [-0.1, -0.05) is 13.8 Å². The summed E-state index contributed by atoms with van der Waals surface area (Å²) in [7, 11) is 2.15. The van der Waals surface area contributed by atoms with Crippen LogP contribution >= 0.6 is 0 Å². The highest BCUT2D eigenvalue weighted by Gasteiger charge is 2.17. The number of nitrogens with zero attached hydrogens (tertiary/aromatic N) is 1. The molecule has 1 N–H and O–H groups in total. The van der Waals surface area contributed by atoms with Crippen LogP contribution in [0, 0.1) is 5.92 Å². The maximum atomic E-state index is 9.31. The Morgan fingerprint density at radius 3 is 1.71 bits per heavy atom. The van der Waals surface area contributed by atoms with E-state index < -0.39 is 0 Å². The first-order valence-electron chi connectivity index (χ1n) is 5.74. The Morgan fingerprint density at radius 1 is 0.929 bits per heavy atom. The first kappa shape index (κ1) is 13.9. The van der Waals surface area contributed by atoms with Gasteiger partial charge in [0, 0.05) is 12.1 Å². The van der Waals surface area contributed by atoms with Gasteiger partial charge >= 0.3 is 0 Å². The summed E-state index contributed by atoms with van der Waals surface area (Å²) in [5.74, 6) is 0.742. The van der Waals surface area contributed by atoms with E-state index in [1.807, 2.05) is 6.92 Å².